The molecule has 0 aliphatic carbocycles. The van der Waals surface area contributed by atoms with Crippen LogP contribution in [0.15, 0.2) is 56.6 Å². The van der Waals surface area contributed by atoms with Crippen LogP contribution in [0.1, 0.15) is 11.1 Å². The molecular formula is C19H17ClN2O3S. The largest absolute Gasteiger partial charge is 0.423 e. The molecule has 1 heterocycles. The first-order chi connectivity index (χ1) is 12.4. The van der Waals surface area contributed by atoms with Crippen molar-refractivity contribution < 1.29 is 9.21 Å². The number of amides is 1. The zero-order valence-electron chi connectivity index (χ0n) is 14.0. The molecule has 0 unspecified atom stereocenters. The van der Waals surface area contributed by atoms with Gasteiger partial charge in [-0.15, -0.1) is 11.8 Å². The molecule has 1 amide bonds. The number of aryl methyl sites for hydroxylation is 1. The molecule has 3 aromatic rings. The van der Waals surface area contributed by atoms with E-state index in [0.29, 0.717) is 17.2 Å². The molecule has 7 heteroatoms. The van der Waals surface area contributed by atoms with Crippen LogP contribution in [0.25, 0.3) is 11.0 Å². The smallest absolute Gasteiger partial charge is 0.336 e. The second-order valence-corrected chi connectivity index (χ2v) is 7.22. The molecule has 2 aromatic carbocycles. The zero-order chi connectivity index (χ0) is 18.7. The number of nitrogens with one attached hydrogen (secondary N) is 1. The van der Waals surface area contributed by atoms with Gasteiger partial charge in [-0.25, -0.2) is 4.79 Å². The zero-order valence-corrected chi connectivity index (χ0v) is 15.6. The van der Waals surface area contributed by atoms with E-state index in [0.717, 1.165) is 27.1 Å². The molecule has 0 spiro atoms. The molecule has 0 saturated carbocycles. The maximum Gasteiger partial charge on any atom is 0.336 e. The average molecular weight is 389 g/mol. The molecule has 0 aliphatic rings. The number of para-hydroxylation sites is 1. The fourth-order valence-electron chi connectivity index (χ4n) is 2.57. The molecule has 3 N–H and O–H groups in total. The number of anilines is 1. The Morgan fingerprint density at radius 3 is 2.81 bits per heavy atom. The van der Waals surface area contributed by atoms with E-state index in [4.69, 9.17) is 21.8 Å². The Balaban J connectivity index is 1.90. The van der Waals surface area contributed by atoms with E-state index < -0.39 is 5.63 Å². The normalized spacial score (nSPS) is 10.8. The third-order valence-corrected chi connectivity index (χ3v) is 5.34. The molecule has 26 heavy (non-hydrogen) atoms. The van der Waals surface area contributed by atoms with Crippen molar-refractivity contribution in [2.45, 2.75) is 18.4 Å². The van der Waals surface area contributed by atoms with Crippen LogP contribution < -0.4 is 16.7 Å². The third kappa shape index (κ3) is 4.20. The van der Waals surface area contributed by atoms with Gasteiger partial charge in [-0.3, -0.25) is 4.79 Å². The van der Waals surface area contributed by atoms with Gasteiger partial charge in [0.1, 0.15) is 5.58 Å². The molecule has 134 valence electrons. The SMILES string of the molecule is Cc1cc2oc(=O)cc(CNc3ccccc3SCC(N)=O)c2cc1Cl. The highest BCUT2D eigenvalue weighted by Gasteiger charge is 2.10. The maximum atomic E-state index is 11.9. The molecule has 0 atom stereocenters. The van der Waals surface area contributed by atoms with Crippen LogP contribution in [0, 0.1) is 6.92 Å². The van der Waals surface area contributed by atoms with Crippen LogP contribution in [0.2, 0.25) is 5.02 Å². The van der Waals surface area contributed by atoms with Gasteiger partial charge in [0.15, 0.2) is 0 Å². The minimum atomic E-state index is -0.410. The predicted molar refractivity (Wildman–Crippen MR) is 106 cm³/mol. The highest BCUT2D eigenvalue weighted by Crippen LogP contribution is 2.29. The average Bonchev–Trinajstić information content (AvgIpc) is 2.60. The second kappa shape index (κ2) is 7.85. The van der Waals surface area contributed by atoms with Crippen molar-refractivity contribution in [2.24, 2.45) is 5.73 Å². The summed E-state index contributed by atoms with van der Waals surface area (Å²) in [6.45, 7) is 2.27. The number of fused-ring (bicyclic) bond motifs is 1. The maximum absolute atomic E-state index is 11.9. The summed E-state index contributed by atoms with van der Waals surface area (Å²) in [6.07, 6.45) is 0. The lowest BCUT2D eigenvalue weighted by Gasteiger charge is -2.13. The summed E-state index contributed by atoms with van der Waals surface area (Å²) in [4.78, 5) is 23.8. The van der Waals surface area contributed by atoms with Crippen molar-refractivity contribution in [3.8, 4) is 0 Å². The summed E-state index contributed by atoms with van der Waals surface area (Å²) >= 11 is 7.59. The highest BCUT2D eigenvalue weighted by atomic mass is 35.5. The van der Waals surface area contributed by atoms with Gasteiger partial charge >= 0.3 is 5.63 Å². The predicted octanol–water partition coefficient (Wildman–Crippen LogP) is 3.94. The summed E-state index contributed by atoms with van der Waals surface area (Å²) in [5.41, 5.74) is 7.81. The molecule has 0 saturated heterocycles. The van der Waals surface area contributed by atoms with Crippen molar-refractivity contribution in [3.05, 3.63) is 69.0 Å². The van der Waals surface area contributed by atoms with E-state index in [1.807, 2.05) is 31.2 Å². The number of hydrogen-bond acceptors (Lipinski definition) is 5. The number of rotatable bonds is 6. The topological polar surface area (TPSA) is 85.3 Å². The lowest BCUT2D eigenvalue weighted by Crippen LogP contribution is -2.13. The molecule has 0 fully saturated rings. The second-order valence-electron chi connectivity index (χ2n) is 5.79. The number of thioether (sulfide) groups is 1. The Bertz CT molecular complexity index is 1030. The molecule has 0 aliphatic heterocycles. The van der Waals surface area contributed by atoms with Crippen molar-refractivity contribution in [3.63, 3.8) is 0 Å². The lowest BCUT2D eigenvalue weighted by molar-refractivity contribution is -0.115. The van der Waals surface area contributed by atoms with Crippen molar-refractivity contribution in [1.29, 1.82) is 0 Å². The molecule has 5 nitrogen and oxygen atoms in total. The monoisotopic (exact) mass is 388 g/mol. The van der Waals surface area contributed by atoms with E-state index in [-0.39, 0.29) is 11.7 Å². The summed E-state index contributed by atoms with van der Waals surface area (Å²) in [5.74, 6) is -0.174. The number of nitrogens with two attached hydrogens (primary N) is 1. The number of carbonyl (C=O) groups excluding carboxylic acids is 1. The highest BCUT2D eigenvalue weighted by molar-refractivity contribution is 8.00. The van der Waals surface area contributed by atoms with Gasteiger partial charge in [-0.1, -0.05) is 23.7 Å². The summed E-state index contributed by atoms with van der Waals surface area (Å²) in [7, 11) is 0. The molecular weight excluding hydrogens is 372 g/mol. The van der Waals surface area contributed by atoms with Gasteiger partial charge in [-0.2, -0.15) is 0 Å². The number of halogens is 1. The van der Waals surface area contributed by atoms with Gasteiger partial charge in [0.2, 0.25) is 5.91 Å². The van der Waals surface area contributed by atoms with E-state index >= 15 is 0 Å². The van der Waals surface area contributed by atoms with Gasteiger partial charge in [0.05, 0.1) is 5.75 Å². The lowest BCUT2D eigenvalue weighted by atomic mass is 10.1. The number of carbonyl (C=O) groups is 1. The molecule has 0 radical (unpaired) electrons. The molecule has 1 aromatic heterocycles. The van der Waals surface area contributed by atoms with Crippen LogP contribution in [0.3, 0.4) is 0 Å². The summed E-state index contributed by atoms with van der Waals surface area (Å²) in [5, 5.41) is 4.71. The first-order valence-electron chi connectivity index (χ1n) is 7.91. The fraction of sp³-hybridized carbons (Fsp3) is 0.158. The van der Waals surface area contributed by atoms with E-state index in [2.05, 4.69) is 5.32 Å². The van der Waals surface area contributed by atoms with Gasteiger partial charge in [0.25, 0.3) is 0 Å². The molecule has 3 rings (SSSR count). The van der Waals surface area contributed by atoms with Gasteiger partial charge in [0, 0.05) is 33.6 Å². The van der Waals surface area contributed by atoms with E-state index in [1.165, 1.54) is 17.8 Å². The minimum absolute atomic E-state index is 0.200. The number of benzene rings is 2. The quantitative estimate of drug-likeness (QED) is 0.493. The summed E-state index contributed by atoms with van der Waals surface area (Å²) in [6, 6.07) is 12.6. The van der Waals surface area contributed by atoms with E-state index in [9.17, 15) is 9.59 Å². The van der Waals surface area contributed by atoms with Crippen molar-refractivity contribution >= 4 is 45.9 Å². The van der Waals surface area contributed by atoms with Crippen molar-refractivity contribution in [1.82, 2.24) is 0 Å². The van der Waals surface area contributed by atoms with Crippen LogP contribution in [0.4, 0.5) is 5.69 Å². The van der Waals surface area contributed by atoms with Crippen LogP contribution >= 0.6 is 23.4 Å². The van der Waals surface area contributed by atoms with Crippen LogP contribution in [-0.2, 0) is 11.3 Å². The number of primary amides is 1. The van der Waals surface area contributed by atoms with Crippen LogP contribution in [0.5, 0.6) is 0 Å². The van der Waals surface area contributed by atoms with E-state index in [1.54, 1.807) is 12.1 Å². The van der Waals surface area contributed by atoms with Crippen molar-refractivity contribution in [2.75, 3.05) is 11.1 Å². The fourth-order valence-corrected chi connectivity index (χ4v) is 3.50. The Morgan fingerprint density at radius 1 is 1.27 bits per heavy atom. The first-order valence-corrected chi connectivity index (χ1v) is 9.27. The van der Waals surface area contributed by atoms with Crippen LogP contribution in [-0.4, -0.2) is 11.7 Å². The van der Waals surface area contributed by atoms with Gasteiger partial charge < -0.3 is 15.5 Å². The Morgan fingerprint density at radius 2 is 2.04 bits per heavy atom. The third-order valence-electron chi connectivity index (χ3n) is 3.84. The Hall–Kier alpha value is -2.44. The Labute approximate surface area is 159 Å². The van der Waals surface area contributed by atoms with Gasteiger partial charge in [-0.05, 0) is 42.3 Å². The standard InChI is InChI=1S/C19H17ClN2O3S/c1-11-6-16-13(8-14(11)20)12(7-19(24)25-16)9-22-15-4-2-3-5-17(15)26-10-18(21)23/h2-8,22H,9-10H2,1H3,(H2,21,23). The Kier molecular flexibility index (Phi) is 5.54. The first kappa shape index (κ1) is 18.4. The minimum Gasteiger partial charge on any atom is -0.423 e. The summed E-state index contributed by atoms with van der Waals surface area (Å²) < 4.78 is 5.28. The molecule has 0 bridgehead atoms. The number of hydrogen-bond donors (Lipinski definition) is 2.